The highest BCUT2D eigenvalue weighted by atomic mass is 32.2. The molecule has 0 unspecified atom stereocenters. The number of nitrogens with zero attached hydrogens (tertiary/aromatic N) is 2. The molecule has 2 aromatic heterocycles. The molecule has 0 atom stereocenters. The molecule has 0 aliphatic rings. The Kier molecular flexibility index (Phi) is 3.34. The Morgan fingerprint density at radius 2 is 2.10 bits per heavy atom. The van der Waals surface area contributed by atoms with Crippen molar-refractivity contribution >= 4 is 26.5 Å². The molecule has 0 aliphatic carbocycles. The molecular weight excluding hydrogens is 288 g/mol. The second-order valence-electron chi connectivity index (χ2n) is 4.56. The first-order valence-corrected chi connectivity index (χ1v) is 7.98. The molecule has 0 spiro atoms. The number of aromatic nitrogens is 3. The van der Waals surface area contributed by atoms with Gasteiger partial charge in [-0.15, -0.1) is 0 Å². The summed E-state index contributed by atoms with van der Waals surface area (Å²) in [5.74, 6) is 0.634. The lowest BCUT2D eigenvalue weighted by molar-refractivity contribution is 0.598. The maximum atomic E-state index is 12.4. The van der Waals surface area contributed by atoms with E-state index in [4.69, 9.17) is 0 Å². The van der Waals surface area contributed by atoms with Crippen LogP contribution in [0, 0.1) is 0 Å². The van der Waals surface area contributed by atoms with Gasteiger partial charge in [0.25, 0.3) is 10.0 Å². The molecular formula is C14H14N4O2S. The zero-order valence-corrected chi connectivity index (χ0v) is 12.2. The zero-order chi connectivity index (χ0) is 14.9. The third-order valence-corrected chi connectivity index (χ3v) is 4.43. The van der Waals surface area contributed by atoms with Gasteiger partial charge in [0.15, 0.2) is 5.03 Å². The number of imidazole rings is 1. The molecule has 0 radical (unpaired) electrons. The Bertz CT molecular complexity index is 881. The summed E-state index contributed by atoms with van der Waals surface area (Å²) in [4.78, 5) is 10.9. The van der Waals surface area contributed by atoms with Gasteiger partial charge in [-0.2, -0.15) is 8.42 Å². The molecule has 0 saturated heterocycles. The van der Waals surface area contributed by atoms with Gasteiger partial charge in [0.2, 0.25) is 0 Å². The van der Waals surface area contributed by atoms with E-state index in [2.05, 4.69) is 19.7 Å². The van der Waals surface area contributed by atoms with Crippen molar-refractivity contribution in [2.24, 2.45) is 0 Å². The number of aryl methyl sites for hydroxylation is 1. The Morgan fingerprint density at radius 3 is 2.86 bits per heavy atom. The number of fused-ring (bicyclic) bond motifs is 1. The van der Waals surface area contributed by atoms with Gasteiger partial charge >= 0.3 is 0 Å². The molecule has 0 fully saturated rings. The highest BCUT2D eigenvalue weighted by molar-refractivity contribution is 7.92. The molecule has 0 saturated carbocycles. The van der Waals surface area contributed by atoms with Gasteiger partial charge in [-0.3, -0.25) is 9.71 Å². The SMILES string of the molecule is CCc1ncc(S(=O)(=O)Nc2cccc3ccncc23)[nH]1. The van der Waals surface area contributed by atoms with E-state index >= 15 is 0 Å². The number of hydrogen-bond donors (Lipinski definition) is 2. The summed E-state index contributed by atoms with van der Waals surface area (Å²) in [6, 6.07) is 7.24. The molecule has 21 heavy (non-hydrogen) atoms. The highest BCUT2D eigenvalue weighted by Crippen LogP contribution is 2.24. The molecule has 3 aromatic rings. The summed E-state index contributed by atoms with van der Waals surface area (Å²) in [5.41, 5.74) is 0.494. The molecule has 0 aliphatic heterocycles. The highest BCUT2D eigenvalue weighted by Gasteiger charge is 2.18. The fourth-order valence-electron chi connectivity index (χ4n) is 2.06. The van der Waals surface area contributed by atoms with Crippen LogP contribution in [0.3, 0.4) is 0 Å². The monoisotopic (exact) mass is 302 g/mol. The number of benzene rings is 1. The fraction of sp³-hybridized carbons (Fsp3) is 0.143. The summed E-state index contributed by atoms with van der Waals surface area (Å²) in [6.07, 6.45) is 5.28. The van der Waals surface area contributed by atoms with Gasteiger partial charge < -0.3 is 4.98 Å². The van der Waals surface area contributed by atoms with Crippen molar-refractivity contribution in [2.75, 3.05) is 4.72 Å². The Morgan fingerprint density at radius 1 is 1.24 bits per heavy atom. The van der Waals surface area contributed by atoms with Crippen molar-refractivity contribution in [1.29, 1.82) is 0 Å². The van der Waals surface area contributed by atoms with Gasteiger partial charge in [0.05, 0.1) is 11.9 Å². The first-order chi connectivity index (χ1) is 10.1. The van der Waals surface area contributed by atoms with Crippen molar-refractivity contribution < 1.29 is 8.42 Å². The minimum absolute atomic E-state index is 0.0558. The number of aromatic amines is 1. The topological polar surface area (TPSA) is 87.7 Å². The van der Waals surface area contributed by atoms with Crippen molar-refractivity contribution in [3.8, 4) is 0 Å². The molecule has 1 aromatic carbocycles. The van der Waals surface area contributed by atoms with E-state index < -0.39 is 10.0 Å². The molecule has 3 rings (SSSR count). The maximum Gasteiger partial charge on any atom is 0.279 e. The quantitative estimate of drug-likeness (QED) is 0.774. The Labute approximate surface area is 122 Å². The first kappa shape index (κ1) is 13.6. The molecule has 0 bridgehead atoms. The van der Waals surface area contributed by atoms with Crippen LogP contribution in [0.15, 0.2) is 47.9 Å². The van der Waals surface area contributed by atoms with Crippen LogP contribution in [0.4, 0.5) is 5.69 Å². The van der Waals surface area contributed by atoms with Crippen molar-refractivity contribution in [3.05, 3.63) is 48.7 Å². The second-order valence-corrected chi connectivity index (χ2v) is 6.21. The van der Waals surface area contributed by atoms with Crippen LogP contribution in [0.25, 0.3) is 10.8 Å². The van der Waals surface area contributed by atoms with Crippen molar-refractivity contribution in [2.45, 2.75) is 18.4 Å². The number of anilines is 1. The van der Waals surface area contributed by atoms with Crippen LogP contribution in [-0.2, 0) is 16.4 Å². The largest absolute Gasteiger partial charge is 0.332 e. The van der Waals surface area contributed by atoms with Crippen LogP contribution in [0.1, 0.15) is 12.7 Å². The van der Waals surface area contributed by atoms with Crippen LogP contribution < -0.4 is 4.72 Å². The number of sulfonamides is 1. The summed E-state index contributed by atoms with van der Waals surface area (Å²) < 4.78 is 27.3. The molecule has 0 amide bonds. The summed E-state index contributed by atoms with van der Waals surface area (Å²) in [7, 11) is -3.69. The number of nitrogens with one attached hydrogen (secondary N) is 2. The van der Waals surface area contributed by atoms with Gasteiger partial charge in [-0.1, -0.05) is 19.1 Å². The predicted octanol–water partition coefficient (Wildman–Crippen LogP) is 2.32. The lowest BCUT2D eigenvalue weighted by atomic mass is 10.1. The van der Waals surface area contributed by atoms with Gasteiger partial charge in [0, 0.05) is 24.2 Å². The third-order valence-electron chi connectivity index (χ3n) is 3.16. The minimum atomic E-state index is -3.69. The summed E-state index contributed by atoms with van der Waals surface area (Å²) in [6.45, 7) is 1.90. The third kappa shape index (κ3) is 2.59. The molecule has 2 N–H and O–H groups in total. The van der Waals surface area contributed by atoms with Crippen LogP contribution >= 0.6 is 0 Å². The van der Waals surface area contributed by atoms with E-state index in [1.807, 2.05) is 19.1 Å². The standard InChI is InChI=1S/C14H14N4O2S/c1-2-13-16-9-14(17-13)21(19,20)18-12-5-3-4-10-6-7-15-8-11(10)12/h3-9,18H,2H2,1H3,(H,16,17). The lowest BCUT2D eigenvalue weighted by Crippen LogP contribution is -2.13. The van der Waals surface area contributed by atoms with Gasteiger partial charge in [-0.05, 0) is 17.5 Å². The minimum Gasteiger partial charge on any atom is -0.332 e. The molecule has 7 heteroatoms. The molecule has 108 valence electrons. The average molecular weight is 302 g/mol. The number of rotatable bonds is 4. The van der Waals surface area contributed by atoms with Crippen LogP contribution in [-0.4, -0.2) is 23.4 Å². The van der Waals surface area contributed by atoms with Gasteiger partial charge in [-0.25, -0.2) is 4.98 Å². The number of pyridine rings is 1. The second kappa shape index (κ2) is 5.17. The lowest BCUT2D eigenvalue weighted by Gasteiger charge is -2.09. The average Bonchev–Trinajstić information content (AvgIpc) is 2.97. The first-order valence-electron chi connectivity index (χ1n) is 6.49. The van der Waals surface area contributed by atoms with E-state index in [0.29, 0.717) is 17.9 Å². The van der Waals surface area contributed by atoms with Gasteiger partial charge in [0.1, 0.15) is 5.82 Å². The van der Waals surface area contributed by atoms with E-state index in [9.17, 15) is 8.42 Å². The van der Waals surface area contributed by atoms with E-state index in [0.717, 1.165) is 10.8 Å². The van der Waals surface area contributed by atoms with E-state index in [1.54, 1.807) is 24.5 Å². The normalized spacial score (nSPS) is 11.7. The zero-order valence-electron chi connectivity index (χ0n) is 11.4. The smallest absolute Gasteiger partial charge is 0.279 e. The van der Waals surface area contributed by atoms with E-state index in [-0.39, 0.29) is 5.03 Å². The van der Waals surface area contributed by atoms with E-state index in [1.165, 1.54) is 6.20 Å². The molecule has 6 nitrogen and oxygen atoms in total. The van der Waals surface area contributed by atoms with Crippen molar-refractivity contribution in [1.82, 2.24) is 15.0 Å². The summed E-state index contributed by atoms with van der Waals surface area (Å²) in [5, 5.41) is 1.73. The fourth-order valence-corrected chi connectivity index (χ4v) is 3.08. The maximum absolute atomic E-state index is 12.4. The number of hydrogen-bond acceptors (Lipinski definition) is 4. The van der Waals surface area contributed by atoms with Crippen molar-refractivity contribution in [3.63, 3.8) is 0 Å². The van der Waals surface area contributed by atoms with Crippen LogP contribution in [0.5, 0.6) is 0 Å². The van der Waals surface area contributed by atoms with Crippen LogP contribution in [0.2, 0.25) is 0 Å². The summed E-state index contributed by atoms with van der Waals surface area (Å²) >= 11 is 0. The Balaban J connectivity index is 2.01. The molecule has 2 heterocycles. The predicted molar refractivity (Wildman–Crippen MR) is 80.5 cm³/mol. The Hall–Kier alpha value is -2.41. The number of H-pyrrole nitrogens is 1.